The Balaban J connectivity index is 1.86. The Labute approximate surface area is 106 Å². The highest BCUT2D eigenvalue weighted by molar-refractivity contribution is 6.02. The van der Waals surface area contributed by atoms with E-state index in [9.17, 15) is 9.59 Å². The number of nitrogens with zero attached hydrogens (tertiary/aromatic N) is 1. The summed E-state index contributed by atoms with van der Waals surface area (Å²) >= 11 is 0. The van der Waals surface area contributed by atoms with Gasteiger partial charge in [0.2, 0.25) is 0 Å². The zero-order valence-electron chi connectivity index (χ0n) is 10.2. The first kappa shape index (κ1) is 11.3. The van der Waals surface area contributed by atoms with E-state index in [-0.39, 0.29) is 11.8 Å². The second-order valence-corrected chi connectivity index (χ2v) is 4.96. The van der Waals surface area contributed by atoms with Crippen molar-refractivity contribution in [3.05, 3.63) is 35.9 Å². The summed E-state index contributed by atoms with van der Waals surface area (Å²) in [5.74, 6) is 0.851. The lowest BCUT2D eigenvalue weighted by Gasteiger charge is -2.25. The van der Waals surface area contributed by atoms with E-state index in [1.807, 2.05) is 18.2 Å². The van der Waals surface area contributed by atoms with Gasteiger partial charge in [0, 0.05) is 12.1 Å². The van der Waals surface area contributed by atoms with Crippen LogP contribution in [0.2, 0.25) is 0 Å². The maximum absolute atomic E-state index is 12.5. The largest absolute Gasteiger partial charge is 0.453 e. The van der Waals surface area contributed by atoms with Crippen molar-refractivity contribution in [1.82, 2.24) is 4.90 Å². The molecule has 0 aromatic heterocycles. The number of rotatable bonds is 2. The summed E-state index contributed by atoms with van der Waals surface area (Å²) < 4.78 is 4.75. The van der Waals surface area contributed by atoms with Crippen LogP contribution >= 0.6 is 0 Å². The van der Waals surface area contributed by atoms with E-state index < -0.39 is 6.09 Å². The number of methoxy groups -OCH3 is 1. The van der Waals surface area contributed by atoms with Gasteiger partial charge in [0.25, 0.3) is 0 Å². The molecule has 4 heteroatoms. The fourth-order valence-electron chi connectivity index (χ4n) is 2.88. The molecule has 0 N–H and O–H groups in total. The van der Waals surface area contributed by atoms with E-state index in [2.05, 4.69) is 0 Å². The van der Waals surface area contributed by atoms with Crippen LogP contribution in [0.5, 0.6) is 0 Å². The molecule has 1 aliphatic heterocycles. The predicted molar refractivity (Wildman–Crippen MR) is 65.3 cm³/mol. The lowest BCUT2D eigenvalue weighted by molar-refractivity contribution is 0.0775. The summed E-state index contributed by atoms with van der Waals surface area (Å²) in [6.45, 7) is 0.653. The molecule has 1 saturated heterocycles. The minimum atomic E-state index is -0.392. The van der Waals surface area contributed by atoms with Gasteiger partial charge in [-0.25, -0.2) is 4.79 Å². The third-order valence-electron chi connectivity index (χ3n) is 3.89. The van der Waals surface area contributed by atoms with Crippen molar-refractivity contribution in [2.45, 2.75) is 12.5 Å². The fraction of sp³-hybridized carbons (Fsp3) is 0.429. The summed E-state index contributed by atoms with van der Waals surface area (Å²) in [6, 6.07) is 8.83. The number of carbonyl (C=O) groups is 2. The molecule has 1 aliphatic carbocycles. The fourth-order valence-corrected chi connectivity index (χ4v) is 2.88. The molecule has 1 heterocycles. The summed E-state index contributed by atoms with van der Waals surface area (Å²) in [4.78, 5) is 25.7. The molecule has 3 atom stereocenters. The molecule has 0 unspecified atom stereocenters. The SMILES string of the molecule is COC(=O)N1C[C@@H]2C[C@@H]2[C@@H]1C(=O)c1ccccc1. The summed E-state index contributed by atoms with van der Waals surface area (Å²) in [5.41, 5.74) is 0.670. The Kier molecular flexibility index (Phi) is 2.58. The second-order valence-electron chi connectivity index (χ2n) is 4.96. The number of Topliss-reactive ketones (excluding diaryl/α,β-unsaturated/α-hetero) is 1. The monoisotopic (exact) mass is 245 g/mol. The molecule has 94 valence electrons. The molecule has 3 rings (SSSR count). The van der Waals surface area contributed by atoms with Crippen molar-refractivity contribution in [3.8, 4) is 0 Å². The topological polar surface area (TPSA) is 46.6 Å². The number of benzene rings is 1. The molecule has 0 spiro atoms. The molecule has 18 heavy (non-hydrogen) atoms. The van der Waals surface area contributed by atoms with Gasteiger partial charge in [0.05, 0.1) is 7.11 Å². The van der Waals surface area contributed by atoms with Crippen molar-refractivity contribution < 1.29 is 14.3 Å². The van der Waals surface area contributed by atoms with E-state index in [1.165, 1.54) is 7.11 Å². The van der Waals surface area contributed by atoms with E-state index in [0.29, 0.717) is 23.9 Å². The molecule has 4 nitrogen and oxygen atoms in total. The lowest BCUT2D eigenvalue weighted by Crippen LogP contribution is -2.43. The maximum Gasteiger partial charge on any atom is 0.410 e. The number of likely N-dealkylation sites (tertiary alicyclic amines) is 1. The van der Waals surface area contributed by atoms with Gasteiger partial charge in [-0.2, -0.15) is 0 Å². The van der Waals surface area contributed by atoms with Gasteiger partial charge in [0.15, 0.2) is 5.78 Å². The van der Waals surface area contributed by atoms with Crippen molar-refractivity contribution >= 4 is 11.9 Å². The van der Waals surface area contributed by atoms with Crippen LogP contribution in [-0.4, -0.2) is 36.5 Å². The predicted octanol–water partition coefficient (Wildman–Crippen LogP) is 1.96. The first-order chi connectivity index (χ1) is 8.72. The molecule has 1 saturated carbocycles. The quantitative estimate of drug-likeness (QED) is 0.748. The van der Waals surface area contributed by atoms with Gasteiger partial charge in [-0.05, 0) is 18.3 Å². The molecule has 2 aliphatic rings. The Bertz CT molecular complexity index is 485. The Hall–Kier alpha value is -1.84. The van der Waals surface area contributed by atoms with Gasteiger partial charge in [-0.3, -0.25) is 9.69 Å². The number of piperidine rings is 1. The Morgan fingerprint density at radius 1 is 1.28 bits per heavy atom. The van der Waals surface area contributed by atoms with Crippen LogP contribution in [0.4, 0.5) is 4.79 Å². The number of ether oxygens (including phenoxy) is 1. The molecule has 2 fully saturated rings. The Morgan fingerprint density at radius 2 is 2.00 bits per heavy atom. The van der Waals surface area contributed by atoms with Crippen molar-refractivity contribution in [1.29, 1.82) is 0 Å². The van der Waals surface area contributed by atoms with E-state index >= 15 is 0 Å². The second kappa shape index (κ2) is 4.12. The van der Waals surface area contributed by atoms with Crippen molar-refractivity contribution in [2.75, 3.05) is 13.7 Å². The number of fused-ring (bicyclic) bond motifs is 1. The first-order valence-corrected chi connectivity index (χ1v) is 6.16. The molecular weight excluding hydrogens is 230 g/mol. The highest BCUT2D eigenvalue weighted by Crippen LogP contribution is 2.50. The van der Waals surface area contributed by atoms with Crippen LogP contribution in [0.3, 0.4) is 0 Å². The average molecular weight is 245 g/mol. The van der Waals surface area contributed by atoms with E-state index in [4.69, 9.17) is 4.74 Å². The normalized spacial score (nSPS) is 28.7. The van der Waals surface area contributed by atoms with Gasteiger partial charge in [-0.1, -0.05) is 30.3 Å². The van der Waals surface area contributed by atoms with Crippen LogP contribution < -0.4 is 0 Å². The number of hydrogen-bond donors (Lipinski definition) is 0. The number of carbonyl (C=O) groups excluding carboxylic acids is 2. The maximum atomic E-state index is 12.5. The van der Waals surface area contributed by atoms with Gasteiger partial charge in [0.1, 0.15) is 6.04 Å². The van der Waals surface area contributed by atoms with Crippen LogP contribution in [0.25, 0.3) is 0 Å². The summed E-state index contributed by atoms with van der Waals surface area (Å²) in [7, 11) is 1.36. The van der Waals surface area contributed by atoms with Crippen LogP contribution in [0, 0.1) is 11.8 Å². The van der Waals surface area contributed by atoms with E-state index in [0.717, 1.165) is 6.42 Å². The van der Waals surface area contributed by atoms with Gasteiger partial charge < -0.3 is 4.74 Å². The highest BCUT2D eigenvalue weighted by Gasteiger charge is 2.57. The molecular formula is C14H15NO3. The molecule has 1 aromatic rings. The highest BCUT2D eigenvalue weighted by atomic mass is 16.5. The number of amides is 1. The minimum Gasteiger partial charge on any atom is -0.453 e. The van der Waals surface area contributed by atoms with Gasteiger partial charge in [-0.15, -0.1) is 0 Å². The smallest absolute Gasteiger partial charge is 0.410 e. The zero-order chi connectivity index (χ0) is 12.7. The average Bonchev–Trinajstić information content (AvgIpc) is 3.09. The van der Waals surface area contributed by atoms with Crippen molar-refractivity contribution in [2.24, 2.45) is 11.8 Å². The standard InChI is InChI=1S/C14H15NO3/c1-18-14(17)15-8-10-7-11(10)12(15)13(16)9-5-3-2-4-6-9/h2-6,10-12H,7-8H2,1H3/t10-,11-,12+/m0/s1. The first-order valence-electron chi connectivity index (χ1n) is 6.16. The summed E-state index contributed by atoms with van der Waals surface area (Å²) in [6.07, 6.45) is 0.660. The number of ketones is 1. The molecule has 1 aromatic carbocycles. The third kappa shape index (κ3) is 1.68. The van der Waals surface area contributed by atoms with Crippen molar-refractivity contribution in [3.63, 3.8) is 0 Å². The minimum absolute atomic E-state index is 0.0333. The summed E-state index contributed by atoms with van der Waals surface area (Å²) in [5, 5.41) is 0. The van der Waals surface area contributed by atoms with Crippen LogP contribution in [0.15, 0.2) is 30.3 Å². The molecule has 0 bridgehead atoms. The van der Waals surface area contributed by atoms with Crippen LogP contribution in [-0.2, 0) is 4.74 Å². The zero-order valence-corrected chi connectivity index (χ0v) is 10.2. The third-order valence-corrected chi connectivity index (χ3v) is 3.89. The number of hydrogen-bond acceptors (Lipinski definition) is 3. The molecule has 0 radical (unpaired) electrons. The van der Waals surface area contributed by atoms with Gasteiger partial charge >= 0.3 is 6.09 Å². The van der Waals surface area contributed by atoms with E-state index in [1.54, 1.807) is 17.0 Å². The lowest BCUT2D eigenvalue weighted by atomic mass is 10.0. The Morgan fingerprint density at radius 3 is 2.67 bits per heavy atom. The van der Waals surface area contributed by atoms with Crippen LogP contribution in [0.1, 0.15) is 16.8 Å². The molecule has 1 amide bonds.